The van der Waals surface area contributed by atoms with Gasteiger partial charge >= 0.3 is 0 Å². The zero-order valence-electron chi connectivity index (χ0n) is 12.8. The molecule has 0 aliphatic carbocycles. The molecule has 0 radical (unpaired) electrons. The van der Waals surface area contributed by atoms with Crippen molar-refractivity contribution in [1.82, 2.24) is 4.98 Å². The first-order valence-corrected chi connectivity index (χ1v) is 7.46. The molecule has 0 saturated carbocycles. The number of hydrogen-bond acceptors (Lipinski definition) is 5. The fourth-order valence-electron chi connectivity index (χ4n) is 2.54. The molecule has 0 aliphatic rings. The maximum Gasteiger partial charge on any atom is 0.278 e. The predicted molar refractivity (Wildman–Crippen MR) is 87.0 cm³/mol. The van der Waals surface area contributed by atoms with Crippen molar-refractivity contribution in [3.63, 3.8) is 0 Å². The highest BCUT2D eigenvalue weighted by atomic mass is 16.6. The van der Waals surface area contributed by atoms with Gasteiger partial charge in [0, 0.05) is 24.9 Å². The fourth-order valence-corrected chi connectivity index (χ4v) is 2.54. The van der Waals surface area contributed by atoms with E-state index in [2.05, 4.69) is 17.2 Å². The minimum Gasteiger partial charge on any atom is -0.396 e. The summed E-state index contributed by atoms with van der Waals surface area (Å²) in [5.41, 5.74) is 1.45. The number of nitrogens with zero attached hydrogens (tertiary/aromatic N) is 2. The number of benzene rings is 1. The summed E-state index contributed by atoms with van der Waals surface area (Å²) in [6, 6.07) is 6.82. The second-order valence-electron chi connectivity index (χ2n) is 5.56. The molecule has 0 bridgehead atoms. The van der Waals surface area contributed by atoms with Gasteiger partial charge in [0.05, 0.1) is 16.0 Å². The smallest absolute Gasteiger partial charge is 0.278 e. The molecule has 6 heteroatoms. The molecule has 1 aromatic heterocycles. The Kier molecular flexibility index (Phi) is 5.27. The number of anilines is 1. The lowest BCUT2D eigenvalue weighted by Crippen LogP contribution is -2.22. The Hall–Kier alpha value is -2.21. The van der Waals surface area contributed by atoms with Gasteiger partial charge < -0.3 is 10.4 Å². The number of pyridine rings is 1. The molecular weight excluding hydrogens is 282 g/mol. The second kappa shape index (κ2) is 7.17. The van der Waals surface area contributed by atoms with Gasteiger partial charge in [-0.25, -0.2) is 0 Å². The number of fused-ring (bicyclic) bond motifs is 1. The van der Waals surface area contributed by atoms with E-state index in [1.165, 1.54) is 6.07 Å². The number of nitrogens with one attached hydrogen (secondary N) is 1. The molecule has 2 atom stereocenters. The first-order valence-electron chi connectivity index (χ1n) is 7.46. The van der Waals surface area contributed by atoms with Gasteiger partial charge in [0.25, 0.3) is 5.69 Å². The van der Waals surface area contributed by atoms with Crippen LogP contribution in [-0.2, 0) is 0 Å². The van der Waals surface area contributed by atoms with Crippen LogP contribution < -0.4 is 5.32 Å². The number of nitro groups is 1. The number of non-ortho nitro benzene ring substituents is 1. The van der Waals surface area contributed by atoms with Crippen LogP contribution in [0.2, 0.25) is 0 Å². The molecule has 1 aromatic carbocycles. The highest BCUT2D eigenvalue weighted by molar-refractivity contribution is 5.96. The summed E-state index contributed by atoms with van der Waals surface area (Å²) >= 11 is 0. The van der Waals surface area contributed by atoms with Gasteiger partial charge in [0.1, 0.15) is 5.52 Å². The van der Waals surface area contributed by atoms with Crippen molar-refractivity contribution < 1.29 is 10.0 Å². The fraction of sp³-hybridized carbons (Fsp3) is 0.438. The molecule has 118 valence electrons. The lowest BCUT2D eigenvalue weighted by atomic mass is 10.00. The molecule has 0 saturated heterocycles. The second-order valence-corrected chi connectivity index (χ2v) is 5.56. The van der Waals surface area contributed by atoms with Crippen LogP contribution in [-0.4, -0.2) is 27.7 Å². The summed E-state index contributed by atoms with van der Waals surface area (Å²) in [6.07, 6.45) is 3.36. The van der Waals surface area contributed by atoms with Gasteiger partial charge in [0.2, 0.25) is 0 Å². The average molecular weight is 303 g/mol. The number of rotatable bonds is 7. The molecule has 2 aromatic rings. The van der Waals surface area contributed by atoms with Crippen molar-refractivity contribution in [2.45, 2.75) is 32.7 Å². The summed E-state index contributed by atoms with van der Waals surface area (Å²) in [4.78, 5) is 15.0. The number of aliphatic hydroxyl groups excluding tert-OH is 1. The van der Waals surface area contributed by atoms with E-state index in [1.807, 2.05) is 6.92 Å². The highest BCUT2D eigenvalue weighted by Crippen LogP contribution is 2.30. The Labute approximate surface area is 129 Å². The Bertz CT molecular complexity index is 660. The summed E-state index contributed by atoms with van der Waals surface area (Å²) < 4.78 is 0. The van der Waals surface area contributed by atoms with Crippen molar-refractivity contribution in [2.24, 2.45) is 5.92 Å². The van der Waals surface area contributed by atoms with Crippen molar-refractivity contribution in [3.8, 4) is 0 Å². The molecule has 0 fully saturated rings. The quantitative estimate of drug-likeness (QED) is 0.605. The van der Waals surface area contributed by atoms with E-state index in [4.69, 9.17) is 0 Å². The lowest BCUT2D eigenvalue weighted by molar-refractivity contribution is -0.383. The molecule has 6 nitrogen and oxygen atoms in total. The monoisotopic (exact) mass is 303 g/mol. The lowest BCUT2D eigenvalue weighted by Gasteiger charge is -2.21. The number of nitro benzene ring substituents is 1. The third kappa shape index (κ3) is 3.51. The van der Waals surface area contributed by atoms with Gasteiger partial charge in [-0.3, -0.25) is 15.1 Å². The molecule has 0 amide bonds. The third-order valence-corrected chi connectivity index (χ3v) is 3.79. The Balaban J connectivity index is 2.35. The third-order valence-electron chi connectivity index (χ3n) is 3.79. The molecule has 0 spiro atoms. The summed E-state index contributed by atoms with van der Waals surface area (Å²) in [5, 5.41) is 24.3. The van der Waals surface area contributed by atoms with Crippen molar-refractivity contribution in [2.75, 3.05) is 11.9 Å². The SMILES string of the molecule is CC[C@@H](C[C@H](C)CO)Nc1ccc([N+](=O)[O-])c2cccnc12. The Morgan fingerprint density at radius 2 is 2.18 bits per heavy atom. The summed E-state index contributed by atoms with van der Waals surface area (Å²) in [6.45, 7) is 4.22. The van der Waals surface area contributed by atoms with Crippen molar-refractivity contribution in [3.05, 3.63) is 40.6 Å². The minimum atomic E-state index is -0.390. The Morgan fingerprint density at radius 3 is 2.82 bits per heavy atom. The van der Waals surface area contributed by atoms with Crippen LogP contribution in [0.5, 0.6) is 0 Å². The standard InChI is InChI=1S/C16H21N3O3/c1-3-12(9-11(2)10-20)18-14-6-7-15(19(21)22)13-5-4-8-17-16(13)14/h4-8,11-12,18,20H,3,9-10H2,1-2H3/t11-,12-/m0/s1. The maximum atomic E-state index is 11.1. The molecule has 2 N–H and O–H groups in total. The predicted octanol–water partition coefficient (Wildman–Crippen LogP) is 3.35. The van der Waals surface area contributed by atoms with Gasteiger partial charge in [-0.1, -0.05) is 13.8 Å². The number of hydrogen-bond donors (Lipinski definition) is 2. The Morgan fingerprint density at radius 1 is 1.41 bits per heavy atom. The van der Waals surface area contributed by atoms with Crippen LogP contribution in [0.25, 0.3) is 10.9 Å². The largest absolute Gasteiger partial charge is 0.396 e. The summed E-state index contributed by atoms with van der Waals surface area (Å²) in [7, 11) is 0. The molecular formula is C16H21N3O3. The number of aliphatic hydroxyl groups is 1. The minimum absolute atomic E-state index is 0.0606. The molecule has 2 rings (SSSR count). The maximum absolute atomic E-state index is 11.1. The van der Waals surface area contributed by atoms with Gasteiger partial charge in [-0.05, 0) is 37.0 Å². The van der Waals surface area contributed by atoms with E-state index < -0.39 is 0 Å². The zero-order chi connectivity index (χ0) is 16.1. The van der Waals surface area contributed by atoms with Crippen molar-refractivity contribution in [1.29, 1.82) is 0 Å². The van der Waals surface area contributed by atoms with E-state index in [0.29, 0.717) is 10.9 Å². The molecule has 0 aliphatic heterocycles. The highest BCUT2D eigenvalue weighted by Gasteiger charge is 2.17. The van der Waals surface area contributed by atoms with Crippen molar-refractivity contribution >= 4 is 22.3 Å². The van der Waals surface area contributed by atoms with Crippen LogP contribution in [0.1, 0.15) is 26.7 Å². The van der Waals surface area contributed by atoms with Gasteiger partial charge in [-0.2, -0.15) is 0 Å². The van der Waals surface area contributed by atoms with Gasteiger partial charge in [0.15, 0.2) is 0 Å². The molecule has 0 unspecified atom stereocenters. The van der Waals surface area contributed by atoms with E-state index in [0.717, 1.165) is 18.5 Å². The van der Waals surface area contributed by atoms with Crippen LogP contribution in [0.4, 0.5) is 11.4 Å². The number of aromatic nitrogens is 1. The van der Waals surface area contributed by atoms with E-state index in [9.17, 15) is 15.2 Å². The van der Waals surface area contributed by atoms with E-state index >= 15 is 0 Å². The first-order chi connectivity index (χ1) is 10.6. The van der Waals surface area contributed by atoms with Crippen LogP contribution in [0.15, 0.2) is 30.5 Å². The topological polar surface area (TPSA) is 88.3 Å². The normalized spacial score (nSPS) is 13.8. The van der Waals surface area contributed by atoms with E-state index in [1.54, 1.807) is 24.4 Å². The van der Waals surface area contributed by atoms with E-state index in [-0.39, 0.29) is 29.2 Å². The zero-order valence-corrected chi connectivity index (χ0v) is 12.8. The van der Waals surface area contributed by atoms with Crippen LogP contribution in [0, 0.1) is 16.0 Å². The van der Waals surface area contributed by atoms with Gasteiger partial charge in [-0.15, -0.1) is 0 Å². The van der Waals surface area contributed by atoms with Crippen LogP contribution >= 0.6 is 0 Å². The average Bonchev–Trinajstić information content (AvgIpc) is 2.53. The first kappa shape index (κ1) is 16.2. The molecule has 1 heterocycles. The summed E-state index contributed by atoms with van der Waals surface area (Å²) in [5.74, 6) is 0.203. The molecule has 22 heavy (non-hydrogen) atoms. The van der Waals surface area contributed by atoms with Crippen LogP contribution in [0.3, 0.4) is 0 Å².